The predicted octanol–water partition coefficient (Wildman–Crippen LogP) is 2.98. The molecule has 0 atom stereocenters. The Labute approximate surface area is 98.4 Å². The Kier molecular flexibility index (Phi) is 2.84. The van der Waals surface area contributed by atoms with E-state index in [0.717, 1.165) is 5.56 Å². The molecule has 0 N–H and O–H groups in total. The van der Waals surface area contributed by atoms with E-state index in [4.69, 9.17) is 16.9 Å². The number of rotatable bonds is 1. The molecule has 1 heterocycles. The second-order valence-corrected chi connectivity index (χ2v) is 3.68. The molecule has 0 saturated heterocycles. The second kappa shape index (κ2) is 4.30. The van der Waals surface area contributed by atoms with Gasteiger partial charge in [-0.05, 0) is 13.0 Å². The van der Waals surface area contributed by atoms with Gasteiger partial charge >= 0.3 is 0 Å². The Bertz CT molecular complexity index is 573. The summed E-state index contributed by atoms with van der Waals surface area (Å²) in [5, 5.41) is 9.44. The van der Waals surface area contributed by atoms with Gasteiger partial charge in [-0.2, -0.15) is 5.26 Å². The molecule has 1 aromatic heterocycles. The normalized spacial score (nSPS) is 9.81. The topological polar surface area (TPSA) is 49.6 Å². The first-order valence-corrected chi connectivity index (χ1v) is 5.09. The molecule has 0 saturated carbocycles. The van der Waals surface area contributed by atoms with Gasteiger partial charge < -0.3 is 0 Å². The lowest BCUT2D eigenvalue weighted by atomic mass is 10.1. The van der Waals surface area contributed by atoms with Gasteiger partial charge in [0.05, 0.1) is 5.69 Å². The summed E-state index contributed by atoms with van der Waals surface area (Å²) in [6.45, 7) is 1.75. The molecule has 0 spiro atoms. The standard InChI is InChI=1S/C12H8ClN3/c1-8-15-9(7-14)6-12(16-8)10-4-2-3-5-11(10)13/h2-6H,1H3. The average molecular weight is 230 g/mol. The Morgan fingerprint density at radius 3 is 2.69 bits per heavy atom. The highest BCUT2D eigenvalue weighted by Gasteiger charge is 2.06. The van der Waals surface area contributed by atoms with Crippen molar-refractivity contribution in [3.05, 3.63) is 46.9 Å². The van der Waals surface area contributed by atoms with Gasteiger partial charge in [0.2, 0.25) is 0 Å². The average Bonchev–Trinajstić information content (AvgIpc) is 2.28. The quantitative estimate of drug-likeness (QED) is 0.755. The van der Waals surface area contributed by atoms with Crippen LogP contribution in [0.1, 0.15) is 11.5 Å². The van der Waals surface area contributed by atoms with Crippen molar-refractivity contribution >= 4 is 11.6 Å². The first-order valence-electron chi connectivity index (χ1n) is 4.71. The van der Waals surface area contributed by atoms with Crippen LogP contribution >= 0.6 is 11.6 Å². The van der Waals surface area contributed by atoms with Crippen molar-refractivity contribution in [2.45, 2.75) is 6.92 Å². The summed E-state index contributed by atoms with van der Waals surface area (Å²) >= 11 is 6.06. The fourth-order valence-electron chi connectivity index (χ4n) is 1.43. The molecule has 0 bridgehead atoms. The van der Waals surface area contributed by atoms with E-state index in [-0.39, 0.29) is 0 Å². The molecule has 0 aliphatic heterocycles. The summed E-state index contributed by atoms with van der Waals surface area (Å²) in [7, 11) is 0. The molecule has 0 fully saturated rings. The minimum absolute atomic E-state index is 0.349. The second-order valence-electron chi connectivity index (χ2n) is 3.28. The molecule has 0 aliphatic rings. The zero-order valence-electron chi connectivity index (χ0n) is 8.61. The maximum Gasteiger partial charge on any atom is 0.144 e. The third-order valence-electron chi connectivity index (χ3n) is 2.10. The molecule has 1 aromatic carbocycles. The summed E-state index contributed by atoms with van der Waals surface area (Å²) in [5.41, 5.74) is 1.84. The molecule has 3 nitrogen and oxygen atoms in total. The number of benzene rings is 1. The monoisotopic (exact) mass is 229 g/mol. The molecule has 0 aliphatic carbocycles. The summed E-state index contributed by atoms with van der Waals surface area (Å²) in [4.78, 5) is 8.26. The molecular formula is C12H8ClN3. The predicted molar refractivity (Wildman–Crippen MR) is 61.9 cm³/mol. The summed E-state index contributed by atoms with van der Waals surface area (Å²) < 4.78 is 0. The van der Waals surface area contributed by atoms with Gasteiger partial charge in [-0.25, -0.2) is 9.97 Å². The van der Waals surface area contributed by atoms with Crippen LogP contribution in [0.5, 0.6) is 0 Å². The number of hydrogen-bond acceptors (Lipinski definition) is 3. The van der Waals surface area contributed by atoms with Crippen molar-refractivity contribution in [3.8, 4) is 17.3 Å². The van der Waals surface area contributed by atoms with Crippen molar-refractivity contribution in [2.24, 2.45) is 0 Å². The van der Waals surface area contributed by atoms with Gasteiger partial charge in [-0.1, -0.05) is 29.8 Å². The third kappa shape index (κ3) is 2.02. The number of nitriles is 1. The van der Waals surface area contributed by atoms with Gasteiger partial charge in [-0.15, -0.1) is 0 Å². The Morgan fingerprint density at radius 2 is 2.00 bits per heavy atom. The summed E-state index contributed by atoms with van der Waals surface area (Å²) in [6, 6.07) is 11.0. The van der Waals surface area contributed by atoms with Gasteiger partial charge in [-0.3, -0.25) is 0 Å². The fraction of sp³-hybridized carbons (Fsp3) is 0.0833. The van der Waals surface area contributed by atoms with Crippen molar-refractivity contribution in [2.75, 3.05) is 0 Å². The van der Waals surface area contributed by atoms with Crippen LogP contribution in [0.2, 0.25) is 5.02 Å². The van der Waals surface area contributed by atoms with Gasteiger partial charge in [0.1, 0.15) is 17.6 Å². The number of nitrogens with zero attached hydrogens (tertiary/aromatic N) is 3. The van der Waals surface area contributed by atoms with E-state index in [1.165, 1.54) is 0 Å². The van der Waals surface area contributed by atoms with Crippen LogP contribution in [-0.2, 0) is 0 Å². The van der Waals surface area contributed by atoms with E-state index in [1.807, 2.05) is 24.3 Å². The smallest absolute Gasteiger partial charge is 0.144 e. The molecule has 2 aromatic rings. The lowest BCUT2D eigenvalue weighted by Gasteiger charge is -2.04. The van der Waals surface area contributed by atoms with Crippen LogP contribution in [0.4, 0.5) is 0 Å². The number of halogens is 1. The largest absolute Gasteiger partial charge is 0.233 e. The van der Waals surface area contributed by atoms with Gasteiger partial charge in [0, 0.05) is 16.7 Å². The Balaban J connectivity index is 2.61. The highest BCUT2D eigenvalue weighted by molar-refractivity contribution is 6.33. The highest BCUT2D eigenvalue weighted by atomic mass is 35.5. The highest BCUT2D eigenvalue weighted by Crippen LogP contribution is 2.26. The van der Waals surface area contributed by atoms with Crippen molar-refractivity contribution in [1.82, 2.24) is 9.97 Å². The molecule has 0 radical (unpaired) electrons. The molecular weight excluding hydrogens is 222 g/mol. The van der Waals surface area contributed by atoms with Gasteiger partial charge in [0.15, 0.2) is 0 Å². The third-order valence-corrected chi connectivity index (χ3v) is 2.43. The number of aromatic nitrogens is 2. The van der Waals surface area contributed by atoms with Crippen molar-refractivity contribution < 1.29 is 0 Å². The Hall–Kier alpha value is -1.92. The van der Waals surface area contributed by atoms with E-state index >= 15 is 0 Å². The summed E-state index contributed by atoms with van der Waals surface area (Å²) in [5.74, 6) is 0.564. The van der Waals surface area contributed by atoms with Crippen molar-refractivity contribution in [1.29, 1.82) is 5.26 Å². The lowest BCUT2D eigenvalue weighted by Crippen LogP contribution is -1.94. The van der Waals surface area contributed by atoms with Crippen LogP contribution in [-0.4, -0.2) is 9.97 Å². The molecule has 0 amide bonds. The molecule has 2 rings (SSSR count). The number of hydrogen-bond donors (Lipinski definition) is 0. The van der Waals surface area contributed by atoms with E-state index in [0.29, 0.717) is 22.2 Å². The maximum absolute atomic E-state index is 8.83. The van der Waals surface area contributed by atoms with Crippen LogP contribution in [0.25, 0.3) is 11.3 Å². The van der Waals surface area contributed by atoms with Gasteiger partial charge in [0.25, 0.3) is 0 Å². The van der Waals surface area contributed by atoms with E-state index in [9.17, 15) is 0 Å². The first-order chi connectivity index (χ1) is 7.70. The fourth-order valence-corrected chi connectivity index (χ4v) is 1.66. The maximum atomic E-state index is 8.83. The molecule has 4 heteroatoms. The van der Waals surface area contributed by atoms with E-state index in [2.05, 4.69) is 9.97 Å². The van der Waals surface area contributed by atoms with Crippen LogP contribution in [0.15, 0.2) is 30.3 Å². The van der Waals surface area contributed by atoms with E-state index in [1.54, 1.807) is 19.1 Å². The first kappa shape index (κ1) is 10.6. The molecule has 0 unspecified atom stereocenters. The zero-order chi connectivity index (χ0) is 11.5. The SMILES string of the molecule is Cc1nc(C#N)cc(-c2ccccc2Cl)n1. The zero-order valence-corrected chi connectivity index (χ0v) is 9.36. The Morgan fingerprint density at radius 1 is 1.25 bits per heavy atom. The lowest BCUT2D eigenvalue weighted by molar-refractivity contribution is 1.04. The van der Waals surface area contributed by atoms with Crippen LogP contribution < -0.4 is 0 Å². The number of aryl methyl sites for hydroxylation is 1. The van der Waals surface area contributed by atoms with Crippen molar-refractivity contribution in [3.63, 3.8) is 0 Å². The molecule has 78 valence electrons. The molecule has 16 heavy (non-hydrogen) atoms. The minimum Gasteiger partial charge on any atom is -0.233 e. The van der Waals surface area contributed by atoms with Crippen LogP contribution in [0, 0.1) is 18.3 Å². The van der Waals surface area contributed by atoms with Crippen LogP contribution in [0.3, 0.4) is 0 Å². The minimum atomic E-state index is 0.349. The summed E-state index contributed by atoms with van der Waals surface area (Å²) in [6.07, 6.45) is 0. The van der Waals surface area contributed by atoms with E-state index < -0.39 is 0 Å².